The van der Waals surface area contributed by atoms with Crippen LogP contribution in [-0.4, -0.2) is 15.3 Å². The van der Waals surface area contributed by atoms with Gasteiger partial charge in [-0.25, -0.2) is 4.98 Å². The lowest BCUT2D eigenvalue weighted by Crippen LogP contribution is -2.25. The molecule has 0 saturated heterocycles. The second-order valence-corrected chi connectivity index (χ2v) is 6.66. The van der Waals surface area contributed by atoms with Crippen LogP contribution in [0, 0.1) is 6.92 Å². The largest absolute Gasteiger partial charge is 0.462 e. The maximum absolute atomic E-state index is 13.0. The fourth-order valence-corrected chi connectivity index (χ4v) is 3.07. The van der Waals surface area contributed by atoms with Crippen LogP contribution in [0.2, 0.25) is 15.1 Å². The van der Waals surface area contributed by atoms with E-state index in [1.165, 1.54) is 12.4 Å². The van der Waals surface area contributed by atoms with Gasteiger partial charge in [-0.05, 0) is 48.9 Å². The van der Waals surface area contributed by atoms with Gasteiger partial charge in [-0.2, -0.15) is 0 Å². The molecule has 0 amide bonds. The molecule has 1 aromatic heterocycles. The zero-order valence-electron chi connectivity index (χ0n) is 13.1. The number of hydrogen-bond donors (Lipinski definition) is 0. The van der Waals surface area contributed by atoms with Crippen LogP contribution in [0.5, 0.6) is 5.75 Å². The number of aromatic nitrogens is 2. The molecule has 0 saturated carbocycles. The maximum Gasteiger partial charge on any atom is 0.241 e. The Morgan fingerprint density at radius 2 is 1.84 bits per heavy atom. The summed E-state index contributed by atoms with van der Waals surface area (Å²) < 4.78 is 7.54. The second kappa shape index (κ2) is 7.48. The smallest absolute Gasteiger partial charge is 0.241 e. The minimum Gasteiger partial charge on any atom is -0.462 e. The fraction of sp³-hybridized carbons (Fsp3) is 0.111. The van der Waals surface area contributed by atoms with Crippen molar-refractivity contribution >= 4 is 40.6 Å². The molecular formula is C18H13Cl3N2O2. The van der Waals surface area contributed by atoms with E-state index in [4.69, 9.17) is 39.5 Å². The van der Waals surface area contributed by atoms with Gasteiger partial charge in [0.05, 0.1) is 11.3 Å². The predicted molar refractivity (Wildman–Crippen MR) is 98.9 cm³/mol. The Balaban J connectivity index is 1.99. The number of nitrogens with zero attached hydrogens (tertiary/aromatic N) is 2. The van der Waals surface area contributed by atoms with Gasteiger partial charge in [0.2, 0.25) is 12.0 Å². The van der Waals surface area contributed by atoms with Gasteiger partial charge in [-0.1, -0.05) is 34.8 Å². The molecule has 3 rings (SSSR count). The molecule has 0 radical (unpaired) electrons. The number of benzene rings is 2. The molecule has 0 bridgehead atoms. The van der Waals surface area contributed by atoms with Gasteiger partial charge in [0, 0.05) is 28.0 Å². The van der Waals surface area contributed by atoms with E-state index in [-0.39, 0.29) is 10.8 Å². The molecule has 25 heavy (non-hydrogen) atoms. The number of Topliss-reactive ketones (excluding diaryl/α,β-unsaturated/α-hetero) is 1. The molecule has 0 aliphatic carbocycles. The molecule has 0 N–H and O–H groups in total. The van der Waals surface area contributed by atoms with Gasteiger partial charge in [0.1, 0.15) is 5.75 Å². The summed E-state index contributed by atoms with van der Waals surface area (Å²) in [7, 11) is 0. The van der Waals surface area contributed by atoms with Crippen LogP contribution in [0.4, 0.5) is 0 Å². The number of ether oxygens (including phenoxy) is 1. The number of ketones is 1. The van der Waals surface area contributed by atoms with Gasteiger partial charge in [0.15, 0.2) is 0 Å². The van der Waals surface area contributed by atoms with E-state index in [9.17, 15) is 4.79 Å². The average molecular weight is 396 g/mol. The first-order chi connectivity index (χ1) is 12.0. The summed E-state index contributed by atoms with van der Waals surface area (Å²) in [4.78, 5) is 17.0. The molecule has 128 valence electrons. The van der Waals surface area contributed by atoms with Crippen molar-refractivity contribution < 1.29 is 9.53 Å². The first kappa shape index (κ1) is 17.8. The van der Waals surface area contributed by atoms with Crippen LogP contribution in [0.25, 0.3) is 0 Å². The van der Waals surface area contributed by atoms with Crippen molar-refractivity contribution in [1.82, 2.24) is 9.55 Å². The van der Waals surface area contributed by atoms with Gasteiger partial charge in [-0.15, -0.1) is 0 Å². The van der Waals surface area contributed by atoms with Gasteiger partial charge in [-0.3, -0.25) is 9.36 Å². The molecule has 7 heteroatoms. The summed E-state index contributed by atoms with van der Waals surface area (Å²) in [6.45, 7) is 1.85. The summed E-state index contributed by atoms with van der Waals surface area (Å²) in [5.41, 5.74) is 1.13. The zero-order chi connectivity index (χ0) is 18.0. The van der Waals surface area contributed by atoms with Crippen molar-refractivity contribution in [3.05, 3.63) is 81.3 Å². The third-order valence-electron chi connectivity index (χ3n) is 3.59. The van der Waals surface area contributed by atoms with Crippen molar-refractivity contribution in [1.29, 1.82) is 0 Å². The fourth-order valence-electron chi connectivity index (χ4n) is 2.35. The number of carbonyl (C=O) groups is 1. The van der Waals surface area contributed by atoms with Gasteiger partial charge < -0.3 is 4.74 Å². The monoisotopic (exact) mass is 394 g/mol. The Kier molecular flexibility index (Phi) is 5.33. The van der Waals surface area contributed by atoms with Gasteiger partial charge in [0.25, 0.3) is 0 Å². The summed E-state index contributed by atoms with van der Waals surface area (Å²) in [6.07, 6.45) is 3.78. The number of carbonyl (C=O) groups excluding carboxylic acids is 1. The maximum atomic E-state index is 13.0. The van der Waals surface area contributed by atoms with Crippen molar-refractivity contribution in [2.24, 2.45) is 0 Å². The lowest BCUT2D eigenvalue weighted by Gasteiger charge is -2.21. The summed E-state index contributed by atoms with van der Waals surface area (Å²) in [5.74, 6) is 0.232. The van der Waals surface area contributed by atoms with Crippen LogP contribution in [-0.2, 0) is 0 Å². The third-order valence-corrected chi connectivity index (χ3v) is 4.38. The standard InChI is InChI=1S/C18H13Cl3N2O2/c1-11-8-12(19)3-5-16(11)25-18(23-7-6-22-10-23)17(24)14-4-2-13(20)9-15(14)21/h2-10,18H,1H3/t18-/m0/s1. The molecule has 0 unspecified atom stereocenters. The van der Waals surface area contributed by atoms with Crippen molar-refractivity contribution in [3.8, 4) is 5.75 Å². The van der Waals surface area contributed by atoms with Crippen LogP contribution in [0.1, 0.15) is 22.1 Å². The van der Waals surface area contributed by atoms with Gasteiger partial charge >= 0.3 is 0 Å². The summed E-state index contributed by atoms with van der Waals surface area (Å²) >= 11 is 18.1. The molecule has 0 fully saturated rings. The Hall–Kier alpha value is -2.01. The lowest BCUT2D eigenvalue weighted by atomic mass is 10.1. The SMILES string of the molecule is Cc1cc(Cl)ccc1O[C@@H](C(=O)c1ccc(Cl)cc1Cl)n1ccnc1. The third kappa shape index (κ3) is 3.98. The highest BCUT2D eigenvalue weighted by molar-refractivity contribution is 6.37. The van der Waals surface area contributed by atoms with E-state index in [0.29, 0.717) is 21.4 Å². The lowest BCUT2D eigenvalue weighted by molar-refractivity contribution is 0.0652. The first-order valence-electron chi connectivity index (χ1n) is 7.35. The molecule has 1 heterocycles. The summed E-state index contributed by atoms with van der Waals surface area (Å²) in [5, 5.41) is 1.31. The number of rotatable bonds is 5. The van der Waals surface area contributed by atoms with E-state index in [1.807, 2.05) is 6.92 Å². The number of halogens is 3. The van der Waals surface area contributed by atoms with E-state index in [1.54, 1.807) is 47.3 Å². The summed E-state index contributed by atoms with van der Waals surface area (Å²) in [6, 6.07) is 9.90. The van der Waals surface area contributed by atoms with Crippen molar-refractivity contribution in [3.63, 3.8) is 0 Å². The molecule has 0 aliphatic rings. The molecule has 0 aliphatic heterocycles. The van der Waals surface area contributed by atoms with Crippen molar-refractivity contribution in [2.45, 2.75) is 13.2 Å². The highest BCUT2D eigenvalue weighted by Gasteiger charge is 2.26. The zero-order valence-corrected chi connectivity index (χ0v) is 15.4. The van der Waals surface area contributed by atoms with Crippen LogP contribution in [0.3, 0.4) is 0 Å². The van der Waals surface area contributed by atoms with E-state index < -0.39 is 6.23 Å². The van der Waals surface area contributed by atoms with Crippen molar-refractivity contribution in [2.75, 3.05) is 0 Å². The van der Waals surface area contributed by atoms with E-state index >= 15 is 0 Å². The first-order valence-corrected chi connectivity index (χ1v) is 8.48. The Morgan fingerprint density at radius 3 is 2.48 bits per heavy atom. The van der Waals surface area contributed by atoms with Crippen LogP contribution < -0.4 is 4.74 Å². The highest BCUT2D eigenvalue weighted by atomic mass is 35.5. The normalized spacial score (nSPS) is 12.0. The molecule has 0 spiro atoms. The Bertz CT molecular complexity index is 911. The average Bonchev–Trinajstić information content (AvgIpc) is 3.08. The molecular weight excluding hydrogens is 383 g/mol. The Morgan fingerprint density at radius 1 is 1.12 bits per heavy atom. The highest BCUT2D eigenvalue weighted by Crippen LogP contribution is 2.29. The topological polar surface area (TPSA) is 44.1 Å². The molecule has 2 aromatic carbocycles. The number of hydrogen-bond acceptors (Lipinski definition) is 3. The quantitative estimate of drug-likeness (QED) is 0.527. The molecule has 3 aromatic rings. The Labute approximate surface area is 159 Å². The van der Waals surface area contributed by atoms with Crippen LogP contribution >= 0.6 is 34.8 Å². The number of aryl methyl sites for hydroxylation is 1. The second-order valence-electron chi connectivity index (χ2n) is 5.38. The molecule has 4 nitrogen and oxygen atoms in total. The van der Waals surface area contributed by atoms with E-state index in [2.05, 4.69) is 4.98 Å². The van der Waals surface area contributed by atoms with E-state index in [0.717, 1.165) is 5.56 Å². The predicted octanol–water partition coefficient (Wildman–Crippen LogP) is 5.61. The van der Waals surface area contributed by atoms with Crippen LogP contribution in [0.15, 0.2) is 55.1 Å². The molecule has 1 atom stereocenters. The minimum absolute atomic E-state index is 0.263. The number of imidazole rings is 1. The minimum atomic E-state index is -0.957.